The van der Waals surface area contributed by atoms with E-state index in [1.54, 1.807) is 12.1 Å². The highest BCUT2D eigenvalue weighted by Gasteiger charge is 2.28. The predicted molar refractivity (Wildman–Crippen MR) is 111 cm³/mol. The summed E-state index contributed by atoms with van der Waals surface area (Å²) in [5.41, 5.74) is 2.80. The molecule has 0 heterocycles. The molecule has 0 aliphatic carbocycles. The van der Waals surface area contributed by atoms with E-state index in [0.29, 0.717) is 18.7 Å². The standard InChI is InChI=1S/C23H29FN2O3/c1-5-20(23(28)25-6-2)26(14-18-8-10-19(24)11-9-18)22(27)15-29-21-12-7-16(3)13-17(21)4/h7-13,20H,5-6,14-15H2,1-4H3,(H,25,28)/t20-/m0/s1. The van der Waals surface area contributed by atoms with Crippen LogP contribution in [0.2, 0.25) is 0 Å². The summed E-state index contributed by atoms with van der Waals surface area (Å²) >= 11 is 0. The molecule has 0 fully saturated rings. The van der Waals surface area contributed by atoms with E-state index in [4.69, 9.17) is 4.74 Å². The van der Waals surface area contributed by atoms with Gasteiger partial charge in [0.2, 0.25) is 5.91 Å². The Morgan fingerprint density at radius 2 is 1.79 bits per heavy atom. The van der Waals surface area contributed by atoms with E-state index in [0.717, 1.165) is 16.7 Å². The number of aryl methyl sites for hydroxylation is 2. The van der Waals surface area contributed by atoms with Gasteiger partial charge in [-0.3, -0.25) is 9.59 Å². The molecule has 0 saturated carbocycles. The third-order valence-corrected chi connectivity index (χ3v) is 4.68. The van der Waals surface area contributed by atoms with Crippen molar-refractivity contribution in [3.63, 3.8) is 0 Å². The molecule has 6 heteroatoms. The topological polar surface area (TPSA) is 58.6 Å². The first-order valence-electron chi connectivity index (χ1n) is 9.87. The number of rotatable bonds is 9. The maximum Gasteiger partial charge on any atom is 0.261 e. The monoisotopic (exact) mass is 400 g/mol. The van der Waals surface area contributed by atoms with E-state index in [2.05, 4.69) is 5.32 Å². The van der Waals surface area contributed by atoms with Crippen LogP contribution in [0.5, 0.6) is 5.75 Å². The fraction of sp³-hybridized carbons (Fsp3) is 0.391. The van der Waals surface area contributed by atoms with Gasteiger partial charge in [0.1, 0.15) is 17.6 Å². The van der Waals surface area contributed by atoms with Gasteiger partial charge in [0.25, 0.3) is 5.91 Å². The van der Waals surface area contributed by atoms with Gasteiger partial charge in [0.15, 0.2) is 6.61 Å². The summed E-state index contributed by atoms with van der Waals surface area (Å²) in [4.78, 5) is 27.0. The summed E-state index contributed by atoms with van der Waals surface area (Å²) in [5, 5.41) is 2.78. The van der Waals surface area contributed by atoms with Crippen molar-refractivity contribution in [1.82, 2.24) is 10.2 Å². The van der Waals surface area contributed by atoms with Gasteiger partial charge in [-0.15, -0.1) is 0 Å². The van der Waals surface area contributed by atoms with Crippen LogP contribution in [0.4, 0.5) is 4.39 Å². The zero-order valence-corrected chi connectivity index (χ0v) is 17.5. The molecular weight excluding hydrogens is 371 g/mol. The van der Waals surface area contributed by atoms with Gasteiger partial charge >= 0.3 is 0 Å². The first-order chi connectivity index (χ1) is 13.8. The largest absolute Gasteiger partial charge is 0.483 e. The number of benzene rings is 2. The lowest BCUT2D eigenvalue weighted by atomic mass is 10.1. The van der Waals surface area contributed by atoms with Crippen molar-refractivity contribution in [3.05, 3.63) is 65.0 Å². The highest BCUT2D eigenvalue weighted by molar-refractivity contribution is 5.88. The van der Waals surface area contributed by atoms with Gasteiger partial charge < -0.3 is 15.0 Å². The molecule has 1 N–H and O–H groups in total. The predicted octanol–water partition coefficient (Wildman–Crippen LogP) is 3.76. The van der Waals surface area contributed by atoms with Crippen LogP contribution in [-0.4, -0.2) is 35.9 Å². The maximum atomic E-state index is 13.2. The molecule has 2 amide bonds. The van der Waals surface area contributed by atoms with Gasteiger partial charge in [-0.1, -0.05) is 36.8 Å². The summed E-state index contributed by atoms with van der Waals surface area (Å²) in [7, 11) is 0. The summed E-state index contributed by atoms with van der Waals surface area (Å²) in [6, 6.07) is 11.0. The second-order valence-electron chi connectivity index (χ2n) is 7.02. The second-order valence-corrected chi connectivity index (χ2v) is 7.02. The minimum atomic E-state index is -0.629. The molecule has 2 rings (SSSR count). The van der Waals surface area contributed by atoms with E-state index < -0.39 is 6.04 Å². The van der Waals surface area contributed by atoms with E-state index in [1.807, 2.05) is 45.9 Å². The van der Waals surface area contributed by atoms with Crippen LogP contribution < -0.4 is 10.1 Å². The Balaban J connectivity index is 2.20. The van der Waals surface area contributed by atoms with E-state index in [1.165, 1.54) is 17.0 Å². The van der Waals surface area contributed by atoms with E-state index in [-0.39, 0.29) is 30.8 Å². The minimum absolute atomic E-state index is 0.180. The third-order valence-electron chi connectivity index (χ3n) is 4.68. The number of hydrogen-bond donors (Lipinski definition) is 1. The average Bonchev–Trinajstić information content (AvgIpc) is 2.68. The molecule has 0 aliphatic heterocycles. The molecular formula is C23H29FN2O3. The number of amides is 2. The van der Waals surface area contributed by atoms with Crippen LogP contribution >= 0.6 is 0 Å². The van der Waals surface area contributed by atoms with E-state index in [9.17, 15) is 14.0 Å². The lowest BCUT2D eigenvalue weighted by molar-refractivity contribution is -0.142. The average molecular weight is 400 g/mol. The Hall–Kier alpha value is -2.89. The number of nitrogens with one attached hydrogen (secondary N) is 1. The van der Waals surface area contributed by atoms with Crippen molar-refractivity contribution >= 4 is 11.8 Å². The number of likely N-dealkylation sites (N-methyl/N-ethyl adjacent to an activating group) is 1. The summed E-state index contributed by atoms with van der Waals surface area (Å²) in [5.74, 6) is -0.221. The van der Waals surface area contributed by atoms with Crippen LogP contribution in [-0.2, 0) is 16.1 Å². The first-order valence-corrected chi connectivity index (χ1v) is 9.87. The maximum absolute atomic E-state index is 13.2. The molecule has 0 bridgehead atoms. The number of hydrogen-bond acceptors (Lipinski definition) is 3. The highest BCUT2D eigenvalue weighted by atomic mass is 19.1. The summed E-state index contributed by atoms with van der Waals surface area (Å²) < 4.78 is 19.0. The molecule has 2 aromatic rings. The number of carbonyl (C=O) groups excluding carboxylic acids is 2. The molecule has 0 radical (unpaired) electrons. The highest BCUT2D eigenvalue weighted by Crippen LogP contribution is 2.19. The quantitative estimate of drug-likeness (QED) is 0.697. The number of halogens is 1. The molecule has 0 unspecified atom stereocenters. The van der Waals surface area contributed by atoms with Gasteiger partial charge in [0.05, 0.1) is 0 Å². The van der Waals surface area contributed by atoms with Gasteiger partial charge in [-0.2, -0.15) is 0 Å². The van der Waals surface area contributed by atoms with Crippen LogP contribution in [0.25, 0.3) is 0 Å². The molecule has 5 nitrogen and oxygen atoms in total. The second kappa shape index (κ2) is 10.6. The molecule has 0 spiro atoms. The van der Waals surface area contributed by atoms with Crippen LogP contribution in [0.15, 0.2) is 42.5 Å². The summed E-state index contributed by atoms with van der Waals surface area (Å²) in [6.45, 7) is 8.10. The fourth-order valence-corrected chi connectivity index (χ4v) is 3.18. The molecule has 156 valence electrons. The third kappa shape index (κ3) is 6.31. The van der Waals surface area contributed by atoms with Crippen molar-refractivity contribution in [2.24, 2.45) is 0 Å². The van der Waals surface area contributed by atoms with E-state index >= 15 is 0 Å². The lowest BCUT2D eigenvalue weighted by Gasteiger charge is -2.30. The normalized spacial score (nSPS) is 11.6. The van der Waals surface area contributed by atoms with Crippen molar-refractivity contribution in [2.75, 3.05) is 13.2 Å². The van der Waals surface area contributed by atoms with Crippen LogP contribution in [0.3, 0.4) is 0 Å². The molecule has 0 aliphatic rings. The molecule has 0 aromatic heterocycles. The zero-order valence-electron chi connectivity index (χ0n) is 17.5. The van der Waals surface area contributed by atoms with Crippen molar-refractivity contribution in [3.8, 4) is 5.75 Å². The van der Waals surface area contributed by atoms with Crippen molar-refractivity contribution in [1.29, 1.82) is 0 Å². The molecule has 2 aromatic carbocycles. The molecule has 29 heavy (non-hydrogen) atoms. The SMILES string of the molecule is CCNC(=O)[C@H](CC)N(Cc1ccc(F)cc1)C(=O)COc1ccc(C)cc1C. The Morgan fingerprint density at radius 3 is 2.38 bits per heavy atom. The molecule has 0 saturated heterocycles. The van der Waals surface area contributed by atoms with Gasteiger partial charge in [-0.05, 0) is 56.5 Å². The zero-order chi connectivity index (χ0) is 21.4. The van der Waals surface area contributed by atoms with Crippen molar-refractivity contribution in [2.45, 2.75) is 46.7 Å². The number of carbonyl (C=O) groups is 2. The van der Waals surface area contributed by atoms with Crippen molar-refractivity contribution < 1.29 is 18.7 Å². The van der Waals surface area contributed by atoms with Crippen LogP contribution in [0.1, 0.15) is 37.0 Å². The number of ether oxygens (including phenoxy) is 1. The lowest BCUT2D eigenvalue weighted by Crippen LogP contribution is -2.50. The Kier molecular flexibility index (Phi) is 8.19. The smallest absolute Gasteiger partial charge is 0.261 e. The summed E-state index contributed by atoms with van der Waals surface area (Å²) in [6.07, 6.45) is 0.461. The minimum Gasteiger partial charge on any atom is -0.483 e. The van der Waals surface area contributed by atoms with Gasteiger partial charge in [-0.25, -0.2) is 4.39 Å². The Labute approximate surface area is 171 Å². The Bertz CT molecular complexity index is 837. The van der Waals surface area contributed by atoms with Crippen LogP contribution in [0, 0.1) is 19.7 Å². The number of nitrogens with zero attached hydrogens (tertiary/aromatic N) is 1. The fourth-order valence-electron chi connectivity index (χ4n) is 3.18. The molecule has 1 atom stereocenters. The van der Waals surface area contributed by atoms with Gasteiger partial charge in [0, 0.05) is 13.1 Å². The first kappa shape index (κ1) is 22.4. The Morgan fingerprint density at radius 1 is 1.10 bits per heavy atom.